The molecule has 6 heteroatoms. The first-order valence-electron chi connectivity index (χ1n) is 6.13. The van der Waals surface area contributed by atoms with E-state index in [1.165, 1.54) is 18.6 Å². The van der Waals surface area contributed by atoms with Gasteiger partial charge < -0.3 is 5.11 Å². The molecule has 2 N–H and O–H groups in total. The molecule has 2 aromatic rings. The van der Waals surface area contributed by atoms with E-state index in [1.807, 2.05) is 6.92 Å². The average molecular weight is 270 g/mol. The third kappa shape index (κ3) is 3.38. The van der Waals surface area contributed by atoms with Crippen LogP contribution in [-0.2, 0) is 0 Å². The van der Waals surface area contributed by atoms with Gasteiger partial charge in [-0.25, -0.2) is 10.4 Å². The van der Waals surface area contributed by atoms with Crippen LogP contribution in [0.15, 0.2) is 48.0 Å². The highest BCUT2D eigenvalue weighted by molar-refractivity contribution is 6.01. The van der Waals surface area contributed by atoms with Gasteiger partial charge in [0, 0.05) is 12.4 Å². The van der Waals surface area contributed by atoms with Crippen LogP contribution in [0.1, 0.15) is 29.4 Å². The number of hydrogen-bond donors (Lipinski definition) is 2. The van der Waals surface area contributed by atoms with Gasteiger partial charge in [0.15, 0.2) is 0 Å². The summed E-state index contributed by atoms with van der Waals surface area (Å²) >= 11 is 0. The van der Waals surface area contributed by atoms with E-state index in [2.05, 4.69) is 20.5 Å². The van der Waals surface area contributed by atoms with Crippen LogP contribution in [0.25, 0.3) is 0 Å². The fraction of sp³-hybridized carbons (Fsp3) is 0.143. The van der Waals surface area contributed by atoms with Crippen LogP contribution in [0.2, 0.25) is 0 Å². The van der Waals surface area contributed by atoms with E-state index >= 15 is 0 Å². The Morgan fingerprint density at radius 3 is 2.65 bits per heavy atom. The number of hydrogen-bond acceptors (Lipinski definition) is 5. The number of carbonyl (C=O) groups excluding carboxylic acids is 1. The van der Waals surface area contributed by atoms with Crippen molar-refractivity contribution in [3.05, 3.63) is 54.1 Å². The van der Waals surface area contributed by atoms with E-state index in [0.29, 0.717) is 12.1 Å². The van der Waals surface area contributed by atoms with Crippen LogP contribution in [0.5, 0.6) is 5.75 Å². The highest BCUT2D eigenvalue weighted by Gasteiger charge is 2.07. The van der Waals surface area contributed by atoms with Gasteiger partial charge in [-0.1, -0.05) is 6.92 Å². The zero-order valence-corrected chi connectivity index (χ0v) is 10.9. The third-order valence-electron chi connectivity index (χ3n) is 2.62. The molecule has 1 aromatic heterocycles. The van der Waals surface area contributed by atoms with Crippen molar-refractivity contribution in [2.45, 2.75) is 13.3 Å². The number of nitrogens with one attached hydrogen (secondary N) is 1. The Balaban J connectivity index is 2.12. The van der Waals surface area contributed by atoms with Gasteiger partial charge in [-0.15, -0.1) is 0 Å². The van der Waals surface area contributed by atoms with Crippen molar-refractivity contribution in [3.8, 4) is 5.75 Å². The Hall–Kier alpha value is -2.76. The number of amides is 1. The molecular weight excluding hydrogens is 256 g/mol. The predicted octanol–water partition coefficient (Wildman–Crippen LogP) is 1.73. The van der Waals surface area contributed by atoms with Crippen molar-refractivity contribution < 1.29 is 9.90 Å². The molecule has 2 rings (SSSR count). The Kier molecular flexibility index (Phi) is 4.39. The predicted molar refractivity (Wildman–Crippen MR) is 74.4 cm³/mol. The first-order valence-corrected chi connectivity index (χ1v) is 6.13. The molecule has 0 fully saturated rings. The second-order valence-corrected chi connectivity index (χ2v) is 3.99. The molecule has 0 bridgehead atoms. The number of aromatic hydroxyl groups is 1. The van der Waals surface area contributed by atoms with E-state index in [9.17, 15) is 9.90 Å². The van der Waals surface area contributed by atoms with Gasteiger partial charge in [0.1, 0.15) is 11.4 Å². The molecule has 0 spiro atoms. The van der Waals surface area contributed by atoms with Crippen LogP contribution < -0.4 is 5.43 Å². The fourth-order valence-corrected chi connectivity index (χ4v) is 1.59. The van der Waals surface area contributed by atoms with Crippen molar-refractivity contribution in [2.75, 3.05) is 0 Å². The minimum atomic E-state index is -0.414. The highest BCUT2D eigenvalue weighted by Crippen LogP contribution is 2.11. The zero-order chi connectivity index (χ0) is 14.4. The van der Waals surface area contributed by atoms with E-state index in [4.69, 9.17) is 0 Å². The van der Waals surface area contributed by atoms with Gasteiger partial charge in [-0.05, 0) is 36.2 Å². The molecule has 0 atom stereocenters. The Bertz CT molecular complexity index is 609. The molecule has 0 saturated heterocycles. The SMILES string of the molecule is CCC(=NNC(=O)c1cnccn1)c1ccc(O)cc1. The molecule has 102 valence electrons. The molecule has 1 aromatic carbocycles. The Morgan fingerprint density at radius 2 is 2.05 bits per heavy atom. The summed E-state index contributed by atoms with van der Waals surface area (Å²) in [6.07, 6.45) is 4.95. The van der Waals surface area contributed by atoms with Crippen LogP contribution in [0.4, 0.5) is 0 Å². The van der Waals surface area contributed by atoms with Gasteiger partial charge in [0.2, 0.25) is 0 Å². The summed E-state index contributed by atoms with van der Waals surface area (Å²) in [7, 11) is 0. The summed E-state index contributed by atoms with van der Waals surface area (Å²) in [6.45, 7) is 1.93. The van der Waals surface area contributed by atoms with Crippen molar-refractivity contribution in [1.82, 2.24) is 15.4 Å². The maximum Gasteiger partial charge on any atom is 0.291 e. The molecule has 0 saturated carbocycles. The maximum atomic E-state index is 11.8. The summed E-state index contributed by atoms with van der Waals surface area (Å²) in [5, 5.41) is 13.3. The van der Waals surface area contributed by atoms with Crippen molar-refractivity contribution in [2.24, 2.45) is 5.10 Å². The number of nitrogens with zero attached hydrogens (tertiary/aromatic N) is 3. The zero-order valence-electron chi connectivity index (χ0n) is 10.9. The molecule has 6 nitrogen and oxygen atoms in total. The van der Waals surface area contributed by atoms with E-state index < -0.39 is 5.91 Å². The minimum Gasteiger partial charge on any atom is -0.508 e. The minimum absolute atomic E-state index is 0.188. The first-order chi connectivity index (χ1) is 9.70. The third-order valence-corrected chi connectivity index (χ3v) is 2.62. The molecule has 0 radical (unpaired) electrons. The Labute approximate surface area is 116 Å². The van der Waals surface area contributed by atoms with Gasteiger partial charge in [-0.3, -0.25) is 9.78 Å². The first kappa shape index (κ1) is 13.7. The number of rotatable bonds is 4. The monoisotopic (exact) mass is 270 g/mol. The summed E-state index contributed by atoms with van der Waals surface area (Å²) in [6, 6.07) is 6.63. The standard InChI is InChI=1S/C14H14N4O2/c1-2-12(10-3-5-11(19)6-4-10)17-18-14(20)13-9-15-7-8-16-13/h3-9,19H,2H2,1H3,(H,18,20). The summed E-state index contributed by atoms with van der Waals surface area (Å²) in [4.78, 5) is 19.5. The molecule has 0 aliphatic carbocycles. The van der Waals surface area contributed by atoms with Crippen molar-refractivity contribution in [1.29, 1.82) is 0 Å². The summed E-state index contributed by atoms with van der Waals surface area (Å²) < 4.78 is 0. The molecule has 1 amide bonds. The second kappa shape index (κ2) is 6.42. The van der Waals surface area contributed by atoms with E-state index in [1.54, 1.807) is 24.3 Å². The summed E-state index contributed by atoms with van der Waals surface area (Å²) in [5.41, 5.74) is 4.20. The topological polar surface area (TPSA) is 87.5 Å². The van der Waals surface area contributed by atoms with Crippen LogP contribution in [0.3, 0.4) is 0 Å². The van der Waals surface area contributed by atoms with Crippen LogP contribution >= 0.6 is 0 Å². The lowest BCUT2D eigenvalue weighted by Gasteiger charge is -2.05. The largest absolute Gasteiger partial charge is 0.508 e. The molecule has 0 aliphatic rings. The van der Waals surface area contributed by atoms with Crippen LogP contribution in [-0.4, -0.2) is 26.7 Å². The lowest BCUT2D eigenvalue weighted by molar-refractivity contribution is 0.0949. The molecule has 20 heavy (non-hydrogen) atoms. The number of phenolic OH excluding ortho intramolecular Hbond substituents is 1. The van der Waals surface area contributed by atoms with Crippen molar-refractivity contribution >= 4 is 11.6 Å². The van der Waals surface area contributed by atoms with Crippen LogP contribution in [0, 0.1) is 0 Å². The lowest BCUT2D eigenvalue weighted by Crippen LogP contribution is -2.21. The number of aromatic nitrogens is 2. The van der Waals surface area contributed by atoms with Gasteiger partial charge in [-0.2, -0.15) is 5.10 Å². The van der Waals surface area contributed by atoms with Gasteiger partial charge >= 0.3 is 0 Å². The fourth-order valence-electron chi connectivity index (χ4n) is 1.59. The number of hydrazone groups is 1. The quantitative estimate of drug-likeness (QED) is 0.654. The number of phenols is 1. The average Bonchev–Trinajstić information content (AvgIpc) is 2.50. The lowest BCUT2D eigenvalue weighted by atomic mass is 10.1. The van der Waals surface area contributed by atoms with Gasteiger partial charge in [0.25, 0.3) is 5.91 Å². The second-order valence-electron chi connectivity index (χ2n) is 3.99. The number of benzene rings is 1. The normalized spacial score (nSPS) is 11.2. The smallest absolute Gasteiger partial charge is 0.291 e. The highest BCUT2D eigenvalue weighted by atomic mass is 16.3. The van der Waals surface area contributed by atoms with E-state index in [-0.39, 0.29) is 11.4 Å². The van der Waals surface area contributed by atoms with Crippen molar-refractivity contribution in [3.63, 3.8) is 0 Å². The Morgan fingerprint density at radius 1 is 1.30 bits per heavy atom. The van der Waals surface area contributed by atoms with Gasteiger partial charge in [0.05, 0.1) is 11.9 Å². The van der Waals surface area contributed by atoms with E-state index in [0.717, 1.165) is 5.56 Å². The number of carbonyl (C=O) groups is 1. The maximum absolute atomic E-state index is 11.8. The summed E-state index contributed by atoms with van der Waals surface area (Å²) in [5.74, 6) is -0.226. The molecule has 1 heterocycles. The molecule has 0 unspecified atom stereocenters. The molecule has 0 aliphatic heterocycles. The molecular formula is C14H14N4O2.